The largest absolute Gasteiger partial charge is 0.494 e. The van der Waals surface area contributed by atoms with E-state index in [9.17, 15) is 4.79 Å². The van der Waals surface area contributed by atoms with Gasteiger partial charge in [-0.2, -0.15) is 0 Å². The van der Waals surface area contributed by atoms with Crippen molar-refractivity contribution in [3.05, 3.63) is 28.2 Å². The summed E-state index contributed by atoms with van der Waals surface area (Å²) in [4.78, 5) is 16.3. The molecule has 1 amide bonds. The molecule has 2 aliphatic heterocycles. The van der Waals surface area contributed by atoms with Gasteiger partial charge >= 0.3 is 0 Å². The lowest BCUT2D eigenvalue weighted by Gasteiger charge is -2.35. The summed E-state index contributed by atoms with van der Waals surface area (Å²) in [6, 6.07) is 6.35. The molecule has 0 N–H and O–H groups in total. The number of benzene rings is 1. The predicted molar refractivity (Wildman–Crippen MR) is 118 cm³/mol. The zero-order valence-electron chi connectivity index (χ0n) is 17.5. The fraction of sp³-hybridized carbons (Fsp3) is 0.696. The number of carbonyl (C=O) groups excluding carboxylic acids is 1. The van der Waals surface area contributed by atoms with Gasteiger partial charge in [-0.05, 0) is 101 Å². The molecular formula is C23H35BrN2O2. The number of likely N-dealkylation sites (tertiary alicyclic amines) is 2. The molecule has 2 heterocycles. The van der Waals surface area contributed by atoms with Gasteiger partial charge in [-0.25, -0.2) is 0 Å². The Balaban J connectivity index is 1.41. The minimum Gasteiger partial charge on any atom is -0.494 e. The first-order chi connectivity index (χ1) is 13.5. The van der Waals surface area contributed by atoms with Crippen LogP contribution >= 0.6 is 15.9 Å². The highest BCUT2D eigenvalue weighted by Gasteiger charge is 2.24. The van der Waals surface area contributed by atoms with Gasteiger partial charge in [0.1, 0.15) is 5.75 Å². The van der Waals surface area contributed by atoms with Gasteiger partial charge < -0.3 is 14.5 Å². The van der Waals surface area contributed by atoms with Crippen LogP contribution in [0.4, 0.5) is 0 Å². The van der Waals surface area contributed by atoms with Gasteiger partial charge in [0.15, 0.2) is 0 Å². The molecule has 0 aromatic heterocycles. The van der Waals surface area contributed by atoms with E-state index in [2.05, 4.69) is 33.0 Å². The van der Waals surface area contributed by atoms with Gasteiger partial charge in [0, 0.05) is 24.5 Å². The van der Waals surface area contributed by atoms with Crippen molar-refractivity contribution < 1.29 is 9.53 Å². The Morgan fingerprint density at radius 2 is 1.96 bits per heavy atom. The van der Waals surface area contributed by atoms with Crippen LogP contribution in [-0.2, 0) is 11.2 Å². The molecule has 1 aromatic carbocycles. The standard InChI is InChI=1S/C23H35BrN2O2/c1-3-28-22-6-7-23(24)21(16-22)15-19-8-12-25(13-9-19)14-10-20-5-4-11-26(17-20)18(2)27/h6-7,16,19-20H,3-5,8-15,17H2,1-2H3. The summed E-state index contributed by atoms with van der Waals surface area (Å²) >= 11 is 3.71. The van der Waals surface area contributed by atoms with Crippen LogP contribution in [0.15, 0.2) is 22.7 Å². The molecule has 4 nitrogen and oxygen atoms in total. The predicted octanol–water partition coefficient (Wildman–Crippen LogP) is 4.75. The highest BCUT2D eigenvalue weighted by molar-refractivity contribution is 9.10. The maximum Gasteiger partial charge on any atom is 0.219 e. The molecule has 28 heavy (non-hydrogen) atoms. The van der Waals surface area contributed by atoms with Crippen molar-refractivity contribution in [3.63, 3.8) is 0 Å². The van der Waals surface area contributed by atoms with E-state index >= 15 is 0 Å². The lowest BCUT2D eigenvalue weighted by Crippen LogP contribution is -2.40. The summed E-state index contributed by atoms with van der Waals surface area (Å²) in [5.41, 5.74) is 1.37. The maximum atomic E-state index is 11.6. The zero-order chi connectivity index (χ0) is 19.9. The van der Waals surface area contributed by atoms with Crippen molar-refractivity contribution in [3.8, 4) is 5.75 Å². The lowest BCUT2D eigenvalue weighted by molar-refractivity contribution is -0.130. The summed E-state index contributed by atoms with van der Waals surface area (Å²) in [6.45, 7) is 9.97. The number of amides is 1. The van der Waals surface area contributed by atoms with Gasteiger partial charge in [0.25, 0.3) is 0 Å². The molecule has 0 bridgehead atoms. The molecule has 0 aliphatic carbocycles. The van der Waals surface area contributed by atoms with E-state index in [-0.39, 0.29) is 5.91 Å². The monoisotopic (exact) mass is 450 g/mol. The molecule has 0 spiro atoms. The first-order valence-corrected chi connectivity index (χ1v) is 11.7. The summed E-state index contributed by atoms with van der Waals surface area (Å²) in [5.74, 6) is 2.66. The second-order valence-electron chi connectivity index (χ2n) is 8.44. The van der Waals surface area contributed by atoms with Gasteiger partial charge in [-0.15, -0.1) is 0 Å². The highest BCUT2D eigenvalue weighted by atomic mass is 79.9. The maximum absolute atomic E-state index is 11.6. The van der Waals surface area contributed by atoms with E-state index < -0.39 is 0 Å². The van der Waals surface area contributed by atoms with E-state index in [0.29, 0.717) is 12.5 Å². The SMILES string of the molecule is CCOc1ccc(Br)c(CC2CCN(CCC3CCCN(C(C)=O)C3)CC2)c1. The van der Waals surface area contributed by atoms with Crippen LogP contribution in [0.2, 0.25) is 0 Å². The number of nitrogens with zero attached hydrogens (tertiary/aromatic N) is 2. The Bertz CT molecular complexity index is 643. The van der Waals surface area contributed by atoms with Crippen molar-refractivity contribution >= 4 is 21.8 Å². The van der Waals surface area contributed by atoms with E-state index in [1.807, 2.05) is 17.9 Å². The van der Waals surface area contributed by atoms with Crippen LogP contribution in [0.25, 0.3) is 0 Å². The smallest absolute Gasteiger partial charge is 0.219 e. The summed E-state index contributed by atoms with van der Waals surface area (Å²) in [7, 11) is 0. The second kappa shape index (κ2) is 10.6. The number of rotatable bonds is 7. The van der Waals surface area contributed by atoms with Crippen molar-refractivity contribution in [2.45, 2.75) is 52.4 Å². The third-order valence-electron chi connectivity index (χ3n) is 6.36. The highest BCUT2D eigenvalue weighted by Crippen LogP contribution is 2.29. The molecule has 1 atom stereocenters. The van der Waals surface area contributed by atoms with Crippen molar-refractivity contribution in [2.24, 2.45) is 11.8 Å². The van der Waals surface area contributed by atoms with Crippen LogP contribution in [0, 0.1) is 11.8 Å². The van der Waals surface area contributed by atoms with Crippen LogP contribution in [0.3, 0.4) is 0 Å². The lowest BCUT2D eigenvalue weighted by atomic mass is 9.89. The van der Waals surface area contributed by atoms with Gasteiger partial charge in [-0.3, -0.25) is 4.79 Å². The molecular weight excluding hydrogens is 416 g/mol. The van der Waals surface area contributed by atoms with Gasteiger partial charge in [0.2, 0.25) is 5.91 Å². The molecule has 2 aliphatic rings. The number of carbonyl (C=O) groups is 1. The number of halogens is 1. The normalized spacial score (nSPS) is 21.7. The number of ether oxygens (including phenoxy) is 1. The Kier molecular flexibility index (Phi) is 8.22. The quantitative estimate of drug-likeness (QED) is 0.600. The molecule has 0 radical (unpaired) electrons. The number of hydrogen-bond donors (Lipinski definition) is 0. The van der Waals surface area contributed by atoms with Gasteiger partial charge in [-0.1, -0.05) is 15.9 Å². The van der Waals surface area contributed by atoms with Crippen LogP contribution in [0.1, 0.15) is 51.5 Å². The molecule has 3 rings (SSSR count). The topological polar surface area (TPSA) is 32.8 Å². The fourth-order valence-corrected chi connectivity index (χ4v) is 5.05. The Hall–Kier alpha value is -1.07. The first-order valence-electron chi connectivity index (χ1n) is 10.9. The minimum absolute atomic E-state index is 0.241. The average Bonchev–Trinajstić information content (AvgIpc) is 2.70. The minimum atomic E-state index is 0.241. The average molecular weight is 451 g/mol. The van der Waals surface area contributed by atoms with E-state index in [1.165, 1.54) is 61.8 Å². The van der Waals surface area contributed by atoms with Crippen molar-refractivity contribution in [2.75, 3.05) is 39.3 Å². The van der Waals surface area contributed by atoms with E-state index in [1.54, 1.807) is 6.92 Å². The molecule has 5 heteroatoms. The summed E-state index contributed by atoms with van der Waals surface area (Å²) < 4.78 is 6.87. The van der Waals surface area contributed by atoms with Crippen LogP contribution in [-0.4, -0.2) is 55.0 Å². The second-order valence-corrected chi connectivity index (χ2v) is 9.29. The fourth-order valence-electron chi connectivity index (χ4n) is 4.64. The number of hydrogen-bond acceptors (Lipinski definition) is 3. The Morgan fingerprint density at radius 1 is 1.18 bits per heavy atom. The van der Waals surface area contributed by atoms with Crippen molar-refractivity contribution in [1.29, 1.82) is 0 Å². The molecule has 1 unspecified atom stereocenters. The number of piperidine rings is 2. The first kappa shape index (κ1) is 21.6. The van der Waals surface area contributed by atoms with E-state index in [4.69, 9.17) is 4.74 Å². The van der Waals surface area contributed by atoms with Crippen LogP contribution < -0.4 is 4.74 Å². The zero-order valence-corrected chi connectivity index (χ0v) is 19.0. The van der Waals surface area contributed by atoms with E-state index in [0.717, 1.165) is 31.2 Å². The van der Waals surface area contributed by atoms with Crippen LogP contribution in [0.5, 0.6) is 5.75 Å². The molecule has 2 saturated heterocycles. The molecule has 0 saturated carbocycles. The molecule has 1 aromatic rings. The Labute approximate surface area is 178 Å². The molecule has 2 fully saturated rings. The van der Waals surface area contributed by atoms with Crippen molar-refractivity contribution in [1.82, 2.24) is 9.80 Å². The third kappa shape index (κ3) is 6.21. The molecule has 156 valence electrons. The summed E-state index contributed by atoms with van der Waals surface area (Å²) in [5, 5.41) is 0. The summed E-state index contributed by atoms with van der Waals surface area (Å²) in [6.07, 6.45) is 7.36. The third-order valence-corrected chi connectivity index (χ3v) is 7.14. The Morgan fingerprint density at radius 3 is 2.68 bits per heavy atom. The van der Waals surface area contributed by atoms with Gasteiger partial charge in [0.05, 0.1) is 6.61 Å².